The molecule has 2 aromatic carbocycles. The third-order valence-corrected chi connectivity index (χ3v) is 7.20. The molecule has 0 atom stereocenters. The summed E-state index contributed by atoms with van der Waals surface area (Å²) in [5, 5.41) is 0.869. The highest BCUT2D eigenvalue weighted by molar-refractivity contribution is 7.26. The van der Waals surface area contributed by atoms with Gasteiger partial charge in [0.15, 0.2) is 6.61 Å². The Hall–Kier alpha value is -3.03. The van der Waals surface area contributed by atoms with Crippen molar-refractivity contribution >= 4 is 44.8 Å². The molecule has 1 amide bonds. The van der Waals surface area contributed by atoms with Gasteiger partial charge in [-0.3, -0.25) is 4.79 Å². The average molecular weight is 465 g/mol. The van der Waals surface area contributed by atoms with Crippen LogP contribution in [0.15, 0.2) is 66.7 Å². The molecule has 0 radical (unpaired) electrons. The summed E-state index contributed by atoms with van der Waals surface area (Å²) < 4.78 is 6.48. The van der Waals surface area contributed by atoms with Crippen LogP contribution in [-0.4, -0.2) is 33.9 Å². The van der Waals surface area contributed by atoms with Gasteiger partial charge in [0.2, 0.25) is 0 Å². The van der Waals surface area contributed by atoms with Crippen molar-refractivity contribution in [1.29, 1.82) is 0 Å². The van der Waals surface area contributed by atoms with Gasteiger partial charge < -0.3 is 9.64 Å². The molecule has 4 rings (SSSR count). The van der Waals surface area contributed by atoms with Gasteiger partial charge in [0, 0.05) is 12.1 Å². The fourth-order valence-corrected chi connectivity index (χ4v) is 5.20. The SMILES string of the molecule is CC(C)(C)N(Cc1ccccc1)C(=O)COC(=O)c1ccc(-c2nc3ccccc3s2)s1. The molecule has 0 saturated carbocycles. The van der Waals surface area contributed by atoms with Crippen LogP contribution in [-0.2, 0) is 16.1 Å². The number of nitrogens with zero attached hydrogens (tertiary/aromatic N) is 2. The minimum Gasteiger partial charge on any atom is -0.451 e. The smallest absolute Gasteiger partial charge is 0.348 e. The number of fused-ring (bicyclic) bond motifs is 1. The van der Waals surface area contributed by atoms with Crippen LogP contribution >= 0.6 is 22.7 Å². The Bertz CT molecular complexity index is 1210. The van der Waals surface area contributed by atoms with Gasteiger partial charge in [0.1, 0.15) is 9.88 Å². The van der Waals surface area contributed by atoms with E-state index < -0.39 is 11.5 Å². The number of ether oxygens (including phenoxy) is 1. The first-order valence-electron chi connectivity index (χ1n) is 10.3. The molecule has 0 aliphatic rings. The Kier molecular flexibility index (Phi) is 6.39. The number of para-hydroxylation sites is 1. The van der Waals surface area contributed by atoms with Crippen molar-refractivity contribution in [3.05, 3.63) is 77.2 Å². The fourth-order valence-electron chi connectivity index (χ4n) is 3.28. The van der Waals surface area contributed by atoms with Gasteiger partial charge in [-0.15, -0.1) is 22.7 Å². The van der Waals surface area contributed by atoms with Crippen molar-refractivity contribution in [2.75, 3.05) is 6.61 Å². The van der Waals surface area contributed by atoms with E-state index in [2.05, 4.69) is 4.98 Å². The Balaban J connectivity index is 1.42. The lowest BCUT2D eigenvalue weighted by molar-refractivity contribution is -0.140. The second kappa shape index (κ2) is 9.22. The van der Waals surface area contributed by atoms with Gasteiger partial charge in [-0.05, 0) is 50.6 Å². The molecule has 2 aromatic heterocycles. The number of carbonyl (C=O) groups is 2. The van der Waals surface area contributed by atoms with Gasteiger partial charge in [-0.25, -0.2) is 9.78 Å². The van der Waals surface area contributed by atoms with Gasteiger partial charge in [-0.1, -0.05) is 42.5 Å². The van der Waals surface area contributed by atoms with Crippen LogP contribution in [0.25, 0.3) is 20.1 Å². The molecule has 0 N–H and O–H groups in total. The van der Waals surface area contributed by atoms with E-state index >= 15 is 0 Å². The summed E-state index contributed by atoms with van der Waals surface area (Å²) in [7, 11) is 0. The lowest BCUT2D eigenvalue weighted by atomic mass is 10.0. The molecule has 0 aliphatic carbocycles. The lowest BCUT2D eigenvalue weighted by Crippen LogP contribution is -2.46. The summed E-state index contributed by atoms with van der Waals surface area (Å²) in [5.41, 5.74) is 1.57. The second-order valence-electron chi connectivity index (χ2n) is 8.36. The molecule has 0 aliphatic heterocycles. The molecule has 0 saturated heterocycles. The van der Waals surface area contributed by atoms with Crippen LogP contribution in [0.4, 0.5) is 0 Å². The number of carbonyl (C=O) groups excluding carboxylic acids is 2. The van der Waals surface area contributed by atoms with Crippen LogP contribution in [0.5, 0.6) is 0 Å². The zero-order chi connectivity index (χ0) is 22.7. The molecule has 4 aromatic rings. The van der Waals surface area contributed by atoms with Crippen molar-refractivity contribution in [2.45, 2.75) is 32.9 Å². The highest BCUT2D eigenvalue weighted by atomic mass is 32.1. The standard InChI is InChI=1S/C25H24N2O3S2/c1-25(2,3)27(15-17-9-5-4-6-10-17)22(28)16-30-24(29)21-14-13-20(31-21)23-26-18-11-7-8-12-19(18)32-23/h4-14H,15-16H2,1-3H3. The maximum atomic E-state index is 12.9. The van der Waals surface area contributed by atoms with Crippen molar-refractivity contribution in [2.24, 2.45) is 0 Å². The lowest BCUT2D eigenvalue weighted by Gasteiger charge is -2.35. The van der Waals surface area contributed by atoms with E-state index in [4.69, 9.17) is 4.74 Å². The van der Waals surface area contributed by atoms with Gasteiger partial charge in [0.05, 0.1) is 15.1 Å². The molecule has 2 heterocycles. The van der Waals surface area contributed by atoms with E-state index in [1.54, 1.807) is 22.3 Å². The molecule has 0 spiro atoms. The number of benzene rings is 2. The number of aromatic nitrogens is 1. The first-order valence-corrected chi connectivity index (χ1v) is 11.9. The maximum Gasteiger partial charge on any atom is 0.348 e. The summed E-state index contributed by atoms with van der Waals surface area (Å²) in [6.07, 6.45) is 0. The summed E-state index contributed by atoms with van der Waals surface area (Å²) in [6, 6.07) is 21.3. The summed E-state index contributed by atoms with van der Waals surface area (Å²) in [6.45, 7) is 6.08. The molecule has 164 valence electrons. The van der Waals surface area contributed by atoms with E-state index in [0.717, 1.165) is 25.7 Å². The largest absolute Gasteiger partial charge is 0.451 e. The Morgan fingerprint density at radius 1 is 0.938 bits per heavy atom. The normalized spacial score (nSPS) is 11.5. The van der Waals surface area contributed by atoms with E-state index in [0.29, 0.717) is 11.4 Å². The maximum absolute atomic E-state index is 12.9. The van der Waals surface area contributed by atoms with Crippen molar-refractivity contribution in [3.8, 4) is 9.88 Å². The minimum absolute atomic E-state index is 0.224. The number of hydrogen-bond donors (Lipinski definition) is 0. The van der Waals surface area contributed by atoms with Crippen LogP contribution in [0.1, 0.15) is 36.0 Å². The molecule has 5 nitrogen and oxygen atoms in total. The monoisotopic (exact) mass is 464 g/mol. The predicted molar refractivity (Wildman–Crippen MR) is 130 cm³/mol. The Labute approximate surface area is 195 Å². The highest BCUT2D eigenvalue weighted by Crippen LogP contribution is 2.34. The summed E-state index contributed by atoms with van der Waals surface area (Å²) >= 11 is 2.91. The van der Waals surface area contributed by atoms with Crippen molar-refractivity contribution in [1.82, 2.24) is 9.88 Å². The van der Waals surface area contributed by atoms with E-state index in [9.17, 15) is 9.59 Å². The van der Waals surface area contributed by atoms with Gasteiger partial charge in [0.25, 0.3) is 5.91 Å². The zero-order valence-electron chi connectivity index (χ0n) is 18.2. The van der Waals surface area contributed by atoms with Crippen LogP contribution in [0.3, 0.4) is 0 Å². The minimum atomic E-state index is -0.496. The topological polar surface area (TPSA) is 59.5 Å². The Morgan fingerprint density at radius 2 is 1.66 bits per heavy atom. The van der Waals surface area contributed by atoms with Crippen LogP contribution in [0.2, 0.25) is 0 Å². The number of thiophene rings is 1. The summed E-state index contributed by atoms with van der Waals surface area (Å²) in [4.78, 5) is 33.2. The molecule has 0 bridgehead atoms. The average Bonchev–Trinajstić information content (AvgIpc) is 3.42. The number of amides is 1. The van der Waals surface area contributed by atoms with Crippen molar-refractivity contribution < 1.29 is 14.3 Å². The predicted octanol–water partition coefficient (Wildman–Crippen LogP) is 6.01. The first-order chi connectivity index (χ1) is 15.3. The molecule has 0 unspecified atom stereocenters. The third-order valence-electron chi connectivity index (χ3n) is 4.93. The zero-order valence-corrected chi connectivity index (χ0v) is 19.8. The van der Waals surface area contributed by atoms with E-state index in [1.807, 2.05) is 81.4 Å². The number of esters is 1. The molecular formula is C25H24N2O3S2. The molecule has 32 heavy (non-hydrogen) atoms. The Morgan fingerprint density at radius 3 is 2.38 bits per heavy atom. The molecule has 7 heteroatoms. The fraction of sp³-hybridized carbons (Fsp3) is 0.240. The van der Waals surface area contributed by atoms with Crippen molar-refractivity contribution in [3.63, 3.8) is 0 Å². The molecular weight excluding hydrogens is 440 g/mol. The third kappa shape index (κ3) is 5.06. The van der Waals surface area contributed by atoms with Crippen LogP contribution in [0, 0.1) is 0 Å². The number of thiazole rings is 1. The van der Waals surface area contributed by atoms with E-state index in [-0.39, 0.29) is 12.5 Å². The van der Waals surface area contributed by atoms with Gasteiger partial charge in [-0.2, -0.15) is 0 Å². The number of rotatable bonds is 6. The van der Waals surface area contributed by atoms with E-state index in [1.165, 1.54) is 11.3 Å². The summed E-state index contributed by atoms with van der Waals surface area (Å²) in [5.74, 6) is -0.720. The quantitative estimate of drug-likeness (QED) is 0.328. The van der Waals surface area contributed by atoms with Crippen LogP contribution < -0.4 is 0 Å². The highest BCUT2D eigenvalue weighted by Gasteiger charge is 2.27. The van der Waals surface area contributed by atoms with Gasteiger partial charge >= 0.3 is 5.97 Å². The number of hydrogen-bond acceptors (Lipinski definition) is 6. The molecule has 0 fully saturated rings. The first kappa shape index (κ1) is 22.2. The second-order valence-corrected chi connectivity index (χ2v) is 10.5.